The number of aromatic nitrogens is 4. The lowest BCUT2D eigenvalue weighted by atomic mass is 9.94. The summed E-state index contributed by atoms with van der Waals surface area (Å²) in [6, 6.07) is 8.01. The normalized spacial score (nSPS) is 15.0. The first-order valence-corrected chi connectivity index (χ1v) is 14.5. The molecule has 1 fully saturated rings. The van der Waals surface area contributed by atoms with Crippen LogP contribution in [-0.2, 0) is 12.8 Å². The average molecular weight is 589 g/mol. The molecule has 42 heavy (non-hydrogen) atoms. The number of piperidine rings is 1. The quantitative estimate of drug-likeness (QED) is 0.241. The number of hydrogen-bond donors (Lipinski definition) is 3. The number of amides is 2. The monoisotopic (exact) mass is 588 g/mol. The molecule has 0 aliphatic carbocycles. The fraction of sp³-hybridized carbons (Fsp3) is 0.367. The molecule has 0 unspecified atom stereocenters. The Balaban J connectivity index is 1.08. The lowest BCUT2D eigenvalue weighted by molar-refractivity contribution is 0.170. The summed E-state index contributed by atoms with van der Waals surface area (Å²) in [5.41, 5.74) is 5.22. The molecule has 0 radical (unpaired) electrons. The number of ether oxygens (including phenoxy) is 1. The van der Waals surface area contributed by atoms with Crippen molar-refractivity contribution in [3.05, 3.63) is 70.5 Å². The minimum absolute atomic E-state index is 0.108. The molecule has 6 rings (SSSR count). The molecular formula is C30H33ClN8O3. The third-order valence-corrected chi connectivity index (χ3v) is 8.03. The maximum Gasteiger partial charge on any atom is 0.321 e. The topological polar surface area (TPSA) is 130 Å². The zero-order chi connectivity index (χ0) is 29.1. The maximum absolute atomic E-state index is 12.8. The third kappa shape index (κ3) is 6.41. The highest BCUT2D eigenvalue weighted by Gasteiger charge is 2.24. The van der Waals surface area contributed by atoms with Crippen molar-refractivity contribution < 1.29 is 14.1 Å². The SMILES string of the molecule is Cc1noc(C)c1NC(=O)N1CCC(CCOc2ccc3cc2CCc2cncc(c2)Nc2ncc(Cl)c(n2)N3)CC1. The molecule has 2 aliphatic heterocycles. The lowest BCUT2D eigenvalue weighted by Crippen LogP contribution is -2.41. The number of pyridine rings is 1. The van der Waals surface area contributed by atoms with E-state index in [-0.39, 0.29) is 6.03 Å². The molecule has 1 saturated heterocycles. The van der Waals surface area contributed by atoms with E-state index in [2.05, 4.69) is 48.2 Å². The van der Waals surface area contributed by atoms with E-state index in [4.69, 9.17) is 20.9 Å². The highest BCUT2D eigenvalue weighted by atomic mass is 35.5. The summed E-state index contributed by atoms with van der Waals surface area (Å²) in [7, 11) is 0. The first-order chi connectivity index (χ1) is 20.4. The number of rotatable bonds is 5. The predicted octanol–water partition coefficient (Wildman–Crippen LogP) is 6.43. The molecule has 6 bridgehead atoms. The van der Waals surface area contributed by atoms with Crippen molar-refractivity contribution in [1.29, 1.82) is 0 Å². The number of anilines is 5. The van der Waals surface area contributed by atoms with Gasteiger partial charge in [0, 0.05) is 25.0 Å². The van der Waals surface area contributed by atoms with Gasteiger partial charge in [-0.25, -0.2) is 9.78 Å². The van der Waals surface area contributed by atoms with Gasteiger partial charge in [0.2, 0.25) is 5.95 Å². The molecular weight excluding hydrogens is 556 g/mol. The van der Waals surface area contributed by atoms with Crippen molar-refractivity contribution in [2.24, 2.45) is 5.92 Å². The van der Waals surface area contributed by atoms with Gasteiger partial charge in [-0.05, 0) is 87.3 Å². The number of benzene rings is 1. The van der Waals surface area contributed by atoms with Crippen molar-refractivity contribution in [2.75, 3.05) is 35.6 Å². The van der Waals surface area contributed by atoms with Crippen LogP contribution < -0.4 is 20.7 Å². The van der Waals surface area contributed by atoms with E-state index in [1.165, 1.54) is 0 Å². The van der Waals surface area contributed by atoms with Crippen LogP contribution in [0.3, 0.4) is 0 Å². The van der Waals surface area contributed by atoms with E-state index in [1.54, 1.807) is 19.3 Å². The van der Waals surface area contributed by atoms with Crippen LogP contribution in [0.4, 0.5) is 33.6 Å². The first-order valence-electron chi connectivity index (χ1n) is 14.2. The fourth-order valence-corrected chi connectivity index (χ4v) is 5.49. The van der Waals surface area contributed by atoms with E-state index >= 15 is 0 Å². The second kappa shape index (κ2) is 12.2. The van der Waals surface area contributed by atoms with Crippen LogP contribution in [-0.4, -0.2) is 50.7 Å². The van der Waals surface area contributed by atoms with Gasteiger partial charge >= 0.3 is 6.03 Å². The number of fused-ring (bicyclic) bond motifs is 6. The Kier molecular flexibility index (Phi) is 8.09. The van der Waals surface area contributed by atoms with Gasteiger partial charge in [-0.2, -0.15) is 4.98 Å². The van der Waals surface area contributed by atoms with Gasteiger partial charge in [-0.15, -0.1) is 0 Å². The Bertz CT molecular complexity index is 1570. The Morgan fingerprint density at radius 3 is 2.79 bits per heavy atom. The summed E-state index contributed by atoms with van der Waals surface area (Å²) in [5, 5.41) is 13.8. The van der Waals surface area contributed by atoms with Crippen molar-refractivity contribution >= 4 is 46.5 Å². The number of carbonyl (C=O) groups is 1. The molecule has 4 aromatic rings. The number of urea groups is 1. The molecule has 11 nitrogen and oxygen atoms in total. The molecule has 12 heteroatoms. The number of hydrogen-bond acceptors (Lipinski definition) is 9. The van der Waals surface area contributed by atoms with E-state index in [1.807, 2.05) is 30.2 Å². The van der Waals surface area contributed by atoms with Gasteiger partial charge in [0.25, 0.3) is 0 Å². The largest absolute Gasteiger partial charge is 0.493 e. The Morgan fingerprint density at radius 1 is 1.12 bits per heavy atom. The number of halogens is 1. The number of aryl methyl sites for hydroxylation is 4. The van der Waals surface area contributed by atoms with Gasteiger partial charge < -0.3 is 30.1 Å². The second-order valence-corrected chi connectivity index (χ2v) is 11.1. The lowest BCUT2D eigenvalue weighted by Gasteiger charge is -2.32. The summed E-state index contributed by atoms with van der Waals surface area (Å²) < 4.78 is 11.5. The highest BCUT2D eigenvalue weighted by Crippen LogP contribution is 2.31. The van der Waals surface area contributed by atoms with Crippen LogP contribution in [0.1, 0.15) is 41.8 Å². The van der Waals surface area contributed by atoms with Crippen LogP contribution in [0.5, 0.6) is 5.75 Å². The van der Waals surface area contributed by atoms with Crippen LogP contribution >= 0.6 is 11.6 Å². The van der Waals surface area contributed by atoms with Gasteiger partial charge in [-0.3, -0.25) is 4.98 Å². The minimum atomic E-state index is -0.108. The molecule has 0 atom stereocenters. The first kappa shape index (κ1) is 27.8. The van der Waals surface area contributed by atoms with Crippen molar-refractivity contribution in [3.8, 4) is 5.75 Å². The van der Waals surface area contributed by atoms with Crippen molar-refractivity contribution in [2.45, 2.75) is 46.0 Å². The van der Waals surface area contributed by atoms with E-state index in [0.29, 0.717) is 59.5 Å². The number of likely N-dealkylation sites (tertiary alicyclic amines) is 1. The zero-order valence-electron chi connectivity index (χ0n) is 23.6. The summed E-state index contributed by atoms with van der Waals surface area (Å²) in [4.78, 5) is 27.8. The number of carbonyl (C=O) groups excluding carboxylic acids is 1. The number of nitrogens with one attached hydrogen (secondary N) is 3. The van der Waals surface area contributed by atoms with E-state index in [0.717, 1.165) is 60.4 Å². The molecule has 2 amide bonds. The highest BCUT2D eigenvalue weighted by molar-refractivity contribution is 6.32. The van der Waals surface area contributed by atoms with Crippen LogP contribution in [0.15, 0.2) is 47.4 Å². The van der Waals surface area contributed by atoms with Gasteiger partial charge in [0.15, 0.2) is 11.6 Å². The molecule has 218 valence electrons. The summed E-state index contributed by atoms with van der Waals surface area (Å²) in [5.74, 6) is 2.93. The van der Waals surface area contributed by atoms with Gasteiger partial charge in [0.05, 0.1) is 24.7 Å². The van der Waals surface area contributed by atoms with Crippen LogP contribution in [0.25, 0.3) is 0 Å². The van der Waals surface area contributed by atoms with E-state index in [9.17, 15) is 4.79 Å². The fourth-order valence-electron chi connectivity index (χ4n) is 5.35. The van der Waals surface area contributed by atoms with Crippen LogP contribution in [0.2, 0.25) is 5.02 Å². The van der Waals surface area contributed by atoms with Gasteiger partial charge in [-0.1, -0.05) is 16.8 Å². The predicted molar refractivity (Wildman–Crippen MR) is 161 cm³/mol. The molecule has 0 saturated carbocycles. The summed E-state index contributed by atoms with van der Waals surface area (Å²) >= 11 is 6.39. The smallest absolute Gasteiger partial charge is 0.321 e. The minimum Gasteiger partial charge on any atom is -0.493 e. The van der Waals surface area contributed by atoms with Gasteiger partial charge in [0.1, 0.15) is 22.2 Å². The molecule has 3 N–H and O–H groups in total. The molecule has 0 spiro atoms. The standard InChI is InChI=1S/C30H33ClN8O3/c1-18-27(19(2)42-38-18)36-30(40)39-10-7-20(8-11-39)9-12-41-26-6-5-23-14-22(26)4-3-21-13-24(16-32-15-21)35-29-33-17-25(31)28(34-23)37-29/h5-6,13-17,20H,3-4,7-12H2,1-2H3,(H,36,40)(H2,33,34,35,37). The molecule has 2 aliphatic rings. The average Bonchev–Trinajstić information content (AvgIpc) is 3.31. The summed E-state index contributed by atoms with van der Waals surface area (Å²) in [6.45, 7) is 5.64. The molecule has 3 aromatic heterocycles. The Morgan fingerprint density at radius 2 is 1.98 bits per heavy atom. The van der Waals surface area contributed by atoms with Crippen molar-refractivity contribution in [1.82, 2.24) is 25.0 Å². The second-order valence-electron chi connectivity index (χ2n) is 10.7. The van der Waals surface area contributed by atoms with Crippen molar-refractivity contribution in [3.63, 3.8) is 0 Å². The Hall–Kier alpha value is -4.38. The maximum atomic E-state index is 12.8. The van der Waals surface area contributed by atoms with Crippen LogP contribution in [0, 0.1) is 19.8 Å². The number of nitrogens with zero attached hydrogens (tertiary/aromatic N) is 5. The Labute approximate surface area is 249 Å². The zero-order valence-corrected chi connectivity index (χ0v) is 24.4. The molecule has 5 heterocycles. The summed E-state index contributed by atoms with van der Waals surface area (Å²) in [6.07, 6.45) is 9.59. The van der Waals surface area contributed by atoms with E-state index < -0.39 is 0 Å². The molecule has 1 aromatic carbocycles. The third-order valence-electron chi connectivity index (χ3n) is 7.75.